The summed E-state index contributed by atoms with van der Waals surface area (Å²) in [7, 11) is 0. The molecule has 0 atom stereocenters. The minimum atomic E-state index is -0.455. The zero-order valence-corrected chi connectivity index (χ0v) is 21.9. The smallest absolute Gasteiger partial charge is 0.266 e. The van der Waals surface area contributed by atoms with E-state index in [1.807, 2.05) is 76.2 Å². The van der Waals surface area contributed by atoms with E-state index in [0.29, 0.717) is 36.0 Å². The van der Waals surface area contributed by atoms with E-state index in [-0.39, 0.29) is 5.57 Å². The molecular formula is C28H27IN2O3. The number of carbonyl (C=O) groups excluding carboxylic acids is 1. The quantitative estimate of drug-likeness (QED) is 0.186. The van der Waals surface area contributed by atoms with Crippen molar-refractivity contribution in [1.82, 2.24) is 0 Å². The number of nitriles is 1. The number of amides is 1. The van der Waals surface area contributed by atoms with Crippen LogP contribution in [0.3, 0.4) is 0 Å². The second-order valence-corrected chi connectivity index (χ2v) is 9.15. The number of carbonyl (C=O) groups is 1. The van der Waals surface area contributed by atoms with Gasteiger partial charge in [0, 0.05) is 5.69 Å². The van der Waals surface area contributed by atoms with Gasteiger partial charge in [0.1, 0.15) is 18.2 Å². The van der Waals surface area contributed by atoms with Crippen molar-refractivity contribution in [2.24, 2.45) is 0 Å². The fraction of sp³-hybridized carbons (Fsp3) is 0.214. The summed E-state index contributed by atoms with van der Waals surface area (Å²) in [6.07, 6.45) is 1.56. The van der Waals surface area contributed by atoms with Crippen molar-refractivity contribution in [1.29, 1.82) is 5.26 Å². The second kappa shape index (κ2) is 11.7. The highest BCUT2D eigenvalue weighted by Gasteiger charge is 2.15. The lowest BCUT2D eigenvalue weighted by atomic mass is 10.1. The predicted molar refractivity (Wildman–Crippen MR) is 144 cm³/mol. The van der Waals surface area contributed by atoms with Crippen molar-refractivity contribution in [2.75, 3.05) is 11.9 Å². The highest BCUT2D eigenvalue weighted by Crippen LogP contribution is 2.35. The average Bonchev–Trinajstić information content (AvgIpc) is 2.79. The topological polar surface area (TPSA) is 71.3 Å². The SMILES string of the molecule is CCOc1cc(/C=C(\C#N)C(=O)Nc2cc(C)ccc2C)cc(I)c1OCc1cccc(C)c1. The van der Waals surface area contributed by atoms with Crippen molar-refractivity contribution < 1.29 is 14.3 Å². The second-order valence-electron chi connectivity index (χ2n) is 7.98. The summed E-state index contributed by atoms with van der Waals surface area (Å²) < 4.78 is 12.8. The molecule has 0 spiro atoms. The number of anilines is 1. The maximum absolute atomic E-state index is 12.8. The minimum Gasteiger partial charge on any atom is -0.490 e. The standard InChI is InChI=1S/C28H27IN2O3/c1-5-33-26-15-22(14-24(29)27(26)34-17-21-8-6-7-18(2)11-21)13-23(16-30)28(32)31-25-12-19(3)9-10-20(25)4/h6-15H,5,17H2,1-4H3,(H,31,32)/b23-13+. The summed E-state index contributed by atoms with van der Waals surface area (Å²) in [5.74, 6) is 0.754. The van der Waals surface area contributed by atoms with Crippen LogP contribution in [0.15, 0.2) is 60.2 Å². The van der Waals surface area contributed by atoms with Gasteiger partial charge in [0.2, 0.25) is 0 Å². The Morgan fingerprint density at radius 3 is 2.53 bits per heavy atom. The van der Waals surface area contributed by atoms with Crippen molar-refractivity contribution in [3.63, 3.8) is 0 Å². The Morgan fingerprint density at radius 2 is 1.82 bits per heavy atom. The maximum Gasteiger partial charge on any atom is 0.266 e. The number of rotatable bonds is 8. The van der Waals surface area contributed by atoms with Crippen LogP contribution in [0.4, 0.5) is 5.69 Å². The Labute approximate surface area is 214 Å². The normalized spacial score (nSPS) is 11.0. The van der Waals surface area contributed by atoms with Crippen LogP contribution in [0.1, 0.15) is 34.7 Å². The average molecular weight is 566 g/mol. The fourth-order valence-corrected chi connectivity index (χ4v) is 4.19. The molecule has 0 saturated heterocycles. The Kier molecular flexibility index (Phi) is 8.72. The Bertz CT molecular complexity index is 1280. The van der Waals surface area contributed by atoms with Crippen LogP contribution in [0.25, 0.3) is 6.08 Å². The van der Waals surface area contributed by atoms with Crippen LogP contribution < -0.4 is 14.8 Å². The predicted octanol–water partition coefficient (Wildman–Crippen LogP) is 6.74. The number of ether oxygens (including phenoxy) is 2. The molecular weight excluding hydrogens is 539 g/mol. The molecule has 0 heterocycles. The zero-order valence-electron chi connectivity index (χ0n) is 19.7. The first kappa shape index (κ1) is 25.3. The van der Waals surface area contributed by atoms with Crippen LogP contribution in [-0.2, 0) is 11.4 Å². The maximum atomic E-state index is 12.8. The summed E-state index contributed by atoms with van der Waals surface area (Å²) in [5.41, 5.74) is 5.58. The number of benzene rings is 3. The molecule has 0 aliphatic heterocycles. The van der Waals surface area contributed by atoms with Crippen molar-refractivity contribution >= 4 is 40.3 Å². The van der Waals surface area contributed by atoms with E-state index in [0.717, 1.165) is 20.3 Å². The first-order chi connectivity index (χ1) is 16.3. The summed E-state index contributed by atoms with van der Waals surface area (Å²) in [4.78, 5) is 12.8. The number of nitrogens with one attached hydrogen (secondary N) is 1. The lowest BCUT2D eigenvalue weighted by Crippen LogP contribution is -2.14. The van der Waals surface area contributed by atoms with Gasteiger partial charge < -0.3 is 14.8 Å². The van der Waals surface area contributed by atoms with Gasteiger partial charge in [-0.3, -0.25) is 4.79 Å². The van der Waals surface area contributed by atoms with E-state index in [1.54, 1.807) is 12.1 Å². The van der Waals surface area contributed by atoms with Crippen LogP contribution >= 0.6 is 22.6 Å². The highest BCUT2D eigenvalue weighted by molar-refractivity contribution is 14.1. The molecule has 0 aliphatic rings. The van der Waals surface area contributed by atoms with Gasteiger partial charge >= 0.3 is 0 Å². The third-order valence-corrected chi connectivity index (χ3v) is 5.92. The number of halogens is 1. The van der Waals surface area contributed by atoms with E-state index >= 15 is 0 Å². The van der Waals surface area contributed by atoms with E-state index in [9.17, 15) is 10.1 Å². The molecule has 0 saturated carbocycles. The minimum absolute atomic E-state index is 0.00702. The highest BCUT2D eigenvalue weighted by atomic mass is 127. The third-order valence-electron chi connectivity index (χ3n) is 5.11. The molecule has 3 rings (SSSR count). The van der Waals surface area contributed by atoms with Gasteiger partial charge in [0.15, 0.2) is 11.5 Å². The Morgan fingerprint density at radius 1 is 1.06 bits per heavy atom. The number of hydrogen-bond donors (Lipinski definition) is 1. The van der Waals surface area contributed by atoms with Crippen molar-refractivity contribution in [3.8, 4) is 17.6 Å². The summed E-state index contributed by atoms with van der Waals surface area (Å²) >= 11 is 2.19. The summed E-state index contributed by atoms with van der Waals surface area (Å²) in [6.45, 7) is 8.69. The van der Waals surface area contributed by atoms with Gasteiger partial charge in [-0.25, -0.2) is 0 Å². The molecule has 3 aromatic carbocycles. The van der Waals surface area contributed by atoms with E-state index in [1.165, 1.54) is 5.56 Å². The van der Waals surface area contributed by atoms with E-state index in [2.05, 4.69) is 34.0 Å². The lowest BCUT2D eigenvalue weighted by molar-refractivity contribution is -0.112. The molecule has 0 bridgehead atoms. The number of nitrogens with zero attached hydrogens (tertiary/aromatic N) is 1. The third kappa shape index (κ3) is 6.61. The molecule has 174 valence electrons. The molecule has 0 radical (unpaired) electrons. The lowest BCUT2D eigenvalue weighted by Gasteiger charge is -2.15. The van der Waals surface area contributed by atoms with E-state index in [4.69, 9.17) is 9.47 Å². The Balaban J connectivity index is 1.86. The first-order valence-corrected chi connectivity index (χ1v) is 12.0. The molecule has 0 fully saturated rings. The molecule has 0 aromatic heterocycles. The first-order valence-electron chi connectivity index (χ1n) is 11.0. The molecule has 6 heteroatoms. The van der Waals surface area contributed by atoms with Crippen LogP contribution in [0.5, 0.6) is 11.5 Å². The molecule has 5 nitrogen and oxygen atoms in total. The van der Waals surface area contributed by atoms with Gasteiger partial charge in [-0.1, -0.05) is 42.0 Å². The van der Waals surface area contributed by atoms with Crippen LogP contribution in [-0.4, -0.2) is 12.5 Å². The van der Waals surface area contributed by atoms with Crippen LogP contribution in [0.2, 0.25) is 0 Å². The van der Waals surface area contributed by atoms with Gasteiger partial charge in [0.25, 0.3) is 5.91 Å². The van der Waals surface area contributed by atoms with Gasteiger partial charge in [0.05, 0.1) is 10.2 Å². The number of hydrogen-bond acceptors (Lipinski definition) is 4. The summed E-state index contributed by atoms with van der Waals surface area (Å²) in [5, 5.41) is 12.5. The van der Waals surface area contributed by atoms with E-state index < -0.39 is 5.91 Å². The zero-order chi connectivity index (χ0) is 24.7. The fourth-order valence-electron chi connectivity index (χ4n) is 3.41. The van der Waals surface area contributed by atoms with Crippen LogP contribution in [0, 0.1) is 35.7 Å². The van der Waals surface area contributed by atoms with Gasteiger partial charge in [-0.15, -0.1) is 0 Å². The van der Waals surface area contributed by atoms with Crippen molar-refractivity contribution in [3.05, 3.63) is 91.6 Å². The molecule has 34 heavy (non-hydrogen) atoms. The number of aryl methyl sites for hydroxylation is 3. The molecule has 3 aromatic rings. The monoisotopic (exact) mass is 566 g/mol. The summed E-state index contributed by atoms with van der Waals surface area (Å²) in [6, 6.07) is 19.6. The largest absolute Gasteiger partial charge is 0.490 e. The molecule has 1 amide bonds. The van der Waals surface area contributed by atoms with Gasteiger partial charge in [-0.05, 0) is 96.8 Å². The van der Waals surface area contributed by atoms with Gasteiger partial charge in [-0.2, -0.15) is 5.26 Å². The molecule has 0 unspecified atom stereocenters. The molecule has 1 N–H and O–H groups in total. The Hall–Kier alpha value is -3.31. The molecule has 0 aliphatic carbocycles. The van der Waals surface area contributed by atoms with Crippen molar-refractivity contribution in [2.45, 2.75) is 34.3 Å².